The molecule has 0 radical (unpaired) electrons. The SMILES string of the molecule is Cc1cnn(CCC(=O)N2C[C@@H](CN3CCOCC3)C[C@H](CO)C2)c1. The number of carbonyl (C=O) groups is 1. The van der Waals surface area contributed by atoms with Crippen molar-refractivity contribution in [3.05, 3.63) is 18.0 Å². The molecular weight excluding hydrogens is 320 g/mol. The third-order valence-corrected chi connectivity index (χ3v) is 5.17. The first-order valence-corrected chi connectivity index (χ1v) is 9.32. The zero-order valence-electron chi connectivity index (χ0n) is 15.1. The molecule has 0 unspecified atom stereocenters. The van der Waals surface area contributed by atoms with E-state index >= 15 is 0 Å². The van der Waals surface area contributed by atoms with Crippen LogP contribution >= 0.6 is 0 Å². The van der Waals surface area contributed by atoms with Crippen LogP contribution in [0.2, 0.25) is 0 Å². The van der Waals surface area contributed by atoms with Gasteiger partial charge in [-0.05, 0) is 30.7 Å². The van der Waals surface area contributed by atoms with E-state index in [1.165, 1.54) is 0 Å². The van der Waals surface area contributed by atoms with Gasteiger partial charge in [0.25, 0.3) is 0 Å². The Morgan fingerprint density at radius 3 is 2.76 bits per heavy atom. The van der Waals surface area contributed by atoms with Crippen LogP contribution in [0.1, 0.15) is 18.4 Å². The topological polar surface area (TPSA) is 70.8 Å². The molecule has 3 rings (SSSR count). The number of aromatic nitrogens is 2. The first kappa shape index (κ1) is 18.4. The number of aliphatic hydroxyl groups excluding tert-OH is 1. The number of nitrogens with zero attached hydrogens (tertiary/aromatic N) is 4. The zero-order chi connectivity index (χ0) is 17.6. The Bertz CT molecular complexity index is 556. The van der Waals surface area contributed by atoms with Crippen LogP contribution in [0.3, 0.4) is 0 Å². The fourth-order valence-corrected chi connectivity index (χ4v) is 3.89. The average molecular weight is 350 g/mol. The maximum atomic E-state index is 12.6. The van der Waals surface area contributed by atoms with Gasteiger partial charge in [0.15, 0.2) is 0 Å². The number of likely N-dealkylation sites (tertiary alicyclic amines) is 1. The van der Waals surface area contributed by atoms with Crippen molar-refractivity contribution < 1.29 is 14.6 Å². The van der Waals surface area contributed by atoms with Crippen LogP contribution < -0.4 is 0 Å². The number of ether oxygens (including phenoxy) is 1. The maximum Gasteiger partial charge on any atom is 0.224 e. The van der Waals surface area contributed by atoms with Crippen LogP contribution in [0, 0.1) is 18.8 Å². The molecule has 25 heavy (non-hydrogen) atoms. The van der Waals surface area contributed by atoms with Crippen molar-refractivity contribution in [2.45, 2.75) is 26.3 Å². The van der Waals surface area contributed by atoms with Crippen molar-refractivity contribution in [1.82, 2.24) is 19.6 Å². The number of piperidine rings is 1. The second-order valence-electron chi connectivity index (χ2n) is 7.39. The van der Waals surface area contributed by atoms with Gasteiger partial charge in [-0.15, -0.1) is 0 Å². The molecule has 140 valence electrons. The normalized spacial score (nSPS) is 25.3. The van der Waals surface area contributed by atoms with E-state index in [0.717, 1.165) is 51.4 Å². The molecule has 0 spiro atoms. The van der Waals surface area contributed by atoms with E-state index in [4.69, 9.17) is 4.74 Å². The minimum absolute atomic E-state index is 0.155. The van der Waals surface area contributed by atoms with Crippen LogP contribution in [0.5, 0.6) is 0 Å². The minimum atomic E-state index is 0.155. The number of hydrogen-bond acceptors (Lipinski definition) is 5. The average Bonchev–Trinajstić information content (AvgIpc) is 3.05. The predicted molar refractivity (Wildman–Crippen MR) is 94.1 cm³/mol. The molecule has 1 N–H and O–H groups in total. The molecule has 2 fully saturated rings. The summed E-state index contributed by atoms with van der Waals surface area (Å²) in [5.74, 6) is 0.786. The Labute approximate surface area is 149 Å². The number of carbonyl (C=O) groups excluding carboxylic acids is 1. The quantitative estimate of drug-likeness (QED) is 0.803. The molecule has 2 aliphatic rings. The second-order valence-corrected chi connectivity index (χ2v) is 7.39. The third kappa shape index (κ3) is 5.26. The number of hydrogen-bond donors (Lipinski definition) is 1. The van der Waals surface area contributed by atoms with Gasteiger partial charge >= 0.3 is 0 Å². The summed E-state index contributed by atoms with van der Waals surface area (Å²) < 4.78 is 7.24. The molecule has 2 atom stereocenters. The fraction of sp³-hybridized carbons (Fsp3) is 0.778. The molecule has 1 aromatic rings. The summed E-state index contributed by atoms with van der Waals surface area (Å²) in [6.07, 6.45) is 5.23. The highest BCUT2D eigenvalue weighted by molar-refractivity contribution is 5.76. The summed E-state index contributed by atoms with van der Waals surface area (Å²) in [5, 5.41) is 13.9. The van der Waals surface area contributed by atoms with Gasteiger partial charge in [-0.1, -0.05) is 0 Å². The standard InChI is InChI=1S/C18H30N4O3/c1-15-9-19-22(10-15)3-2-18(24)21-12-16(8-17(13-21)14-23)11-20-4-6-25-7-5-20/h9-10,16-17,23H,2-8,11-14H2,1H3/t16-,17+/m1/s1. The largest absolute Gasteiger partial charge is 0.396 e. The molecule has 2 aliphatic heterocycles. The van der Waals surface area contributed by atoms with E-state index in [0.29, 0.717) is 25.4 Å². The lowest BCUT2D eigenvalue weighted by Crippen LogP contribution is -2.49. The van der Waals surface area contributed by atoms with Crippen molar-refractivity contribution >= 4 is 5.91 Å². The van der Waals surface area contributed by atoms with E-state index in [2.05, 4.69) is 10.00 Å². The molecule has 0 saturated carbocycles. The first-order chi connectivity index (χ1) is 12.1. The number of rotatable bonds is 6. The van der Waals surface area contributed by atoms with Crippen molar-refractivity contribution in [3.63, 3.8) is 0 Å². The Hall–Kier alpha value is -1.44. The monoisotopic (exact) mass is 350 g/mol. The van der Waals surface area contributed by atoms with Gasteiger partial charge in [0, 0.05) is 58.5 Å². The van der Waals surface area contributed by atoms with Gasteiger partial charge in [0.2, 0.25) is 5.91 Å². The molecule has 0 bridgehead atoms. The Morgan fingerprint density at radius 2 is 2.08 bits per heavy atom. The fourth-order valence-electron chi connectivity index (χ4n) is 3.89. The molecule has 2 saturated heterocycles. The van der Waals surface area contributed by atoms with E-state index in [1.54, 1.807) is 0 Å². The van der Waals surface area contributed by atoms with E-state index in [1.807, 2.05) is 28.9 Å². The minimum Gasteiger partial charge on any atom is -0.396 e. The third-order valence-electron chi connectivity index (χ3n) is 5.17. The highest BCUT2D eigenvalue weighted by Crippen LogP contribution is 2.23. The summed E-state index contributed by atoms with van der Waals surface area (Å²) in [5.41, 5.74) is 1.11. The summed E-state index contributed by atoms with van der Waals surface area (Å²) in [7, 11) is 0. The Kier molecular flexibility index (Phi) is 6.45. The highest BCUT2D eigenvalue weighted by Gasteiger charge is 2.30. The van der Waals surface area contributed by atoms with Crippen LogP contribution in [0.15, 0.2) is 12.4 Å². The lowest BCUT2D eigenvalue weighted by atomic mass is 9.89. The molecule has 1 amide bonds. The molecule has 0 aliphatic carbocycles. The van der Waals surface area contributed by atoms with E-state index in [-0.39, 0.29) is 18.4 Å². The molecule has 3 heterocycles. The predicted octanol–water partition coefficient (Wildman–Crippen LogP) is 0.371. The molecule has 7 nitrogen and oxygen atoms in total. The second kappa shape index (κ2) is 8.78. The van der Waals surface area contributed by atoms with Crippen molar-refractivity contribution in [1.29, 1.82) is 0 Å². The van der Waals surface area contributed by atoms with Crippen molar-refractivity contribution in [2.75, 3.05) is 52.5 Å². The number of aliphatic hydroxyl groups is 1. The molecule has 0 aromatic carbocycles. The van der Waals surface area contributed by atoms with Gasteiger partial charge in [0.05, 0.1) is 19.4 Å². The van der Waals surface area contributed by atoms with Gasteiger partial charge in [-0.25, -0.2) is 0 Å². The molecule has 1 aromatic heterocycles. The van der Waals surface area contributed by atoms with Gasteiger partial charge in [0.1, 0.15) is 0 Å². The van der Waals surface area contributed by atoms with Gasteiger partial charge < -0.3 is 14.7 Å². The first-order valence-electron chi connectivity index (χ1n) is 9.32. The number of amides is 1. The summed E-state index contributed by atoms with van der Waals surface area (Å²) in [6.45, 7) is 8.74. The lowest BCUT2D eigenvalue weighted by Gasteiger charge is -2.40. The summed E-state index contributed by atoms with van der Waals surface area (Å²) in [6, 6.07) is 0. The highest BCUT2D eigenvalue weighted by atomic mass is 16.5. The van der Waals surface area contributed by atoms with Gasteiger partial charge in [-0.3, -0.25) is 14.4 Å². The molecule has 7 heteroatoms. The van der Waals surface area contributed by atoms with Crippen molar-refractivity contribution in [3.8, 4) is 0 Å². The lowest BCUT2D eigenvalue weighted by molar-refractivity contribution is -0.135. The zero-order valence-corrected chi connectivity index (χ0v) is 15.1. The molecular formula is C18H30N4O3. The van der Waals surface area contributed by atoms with Gasteiger partial charge in [-0.2, -0.15) is 5.10 Å². The number of aryl methyl sites for hydroxylation is 2. The van der Waals surface area contributed by atoms with Crippen LogP contribution in [0.4, 0.5) is 0 Å². The van der Waals surface area contributed by atoms with Crippen LogP contribution in [-0.2, 0) is 16.1 Å². The van der Waals surface area contributed by atoms with Crippen molar-refractivity contribution in [2.24, 2.45) is 11.8 Å². The summed E-state index contributed by atoms with van der Waals surface area (Å²) in [4.78, 5) is 17.0. The van der Waals surface area contributed by atoms with E-state index < -0.39 is 0 Å². The Morgan fingerprint density at radius 1 is 1.32 bits per heavy atom. The summed E-state index contributed by atoms with van der Waals surface area (Å²) >= 11 is 0. The maximum absolute atomic E-state index is 12.6. The Balaban J connectivity index is 1.52. The van der Waals surface area contributed by atoms with E-state index in [9.17, 15) is 9.90 Å². The number of morpholine rings is 1. The van der Waals surface area contributed by atoms with Crippen LogP contribution in [0.25, 0.3) is 0 Å². The smallest absolute Gasteiger partial charge is 0.224 e. The van der Waals surface area contributed by atoms with Crippen LogP contribution in [-0.4, -0.2) is 83.1 Å².